The van der Waals surface area contributed by atoms with Crippen molar-refractivity contribution < 1.29 is 61.2 Å². The fourth-order valence-corrected chi connectivity index (χ4v) is 6.75. The third-order valence-electron chi connectivity index (χ3n) is 6.25. The van der Waals surface area contributed by atoms with Crippen molar-refractivity contribution in [2.75, 3.05) is 11.9 Å². The number of nitro benzene ring substituents is 1. The molecule has 4 aromatic rings. The molecule has 0 heterocycles. The molecule has 0 saturated heterocycles. The average molecular weight is 663 g/mol. The average Bonchev–Trinajstić information content (AvgIpc) is 3.00. The van der Waals surface area contributed by atoms with Crippen molar-refractivity contribution in [2.24, 2.45) is 10.2 Å². The molecule has 0 saturated carbocycles. The van der Waals surface area contributed by atoms with Gasteiger partial charge in [0.15, 0.2) is 0 Å². The van der Waals surface area contributed by atoms with Crippen LogP contribution in [-0.4, -0.2) is 39.6 Å². The second-order valence-corrected chi connectivity index (χ2v) is 13.2. The zero-order valence-corrected chi connectivity index (χ0v) is 28.2. The van der Waals surface area contributed by atoms with Crippen LogP contribution < -0.4 is 43.7 Å². The third-order valence-corrected chi connectivity index (χ3v) is 9.77. The van der Waals surface area contributed by atoms with Gasteiger partial charge in [0.05, 0.1) is 32.2 Å². The summed E-state index contributed by atoms with van der Waals surface area (Å²) >= 11 is 0. The molecular weight excluding hydrogens is 633 g/mol. The number of hydrogen-bond donors (Lipinski definition) is 3. The Morgan fingerprint density at radius 1 is 0.889 bits per heavy atom. The first-order chi connectivity index (χ1) is 20.9. The summed E-state index contributed by atoms with van der Waals surface area (Å²) in [6.07, 6.45) is 0.0524. The van der Waals surface area contributed by atoms with Crippen LogP contribution in [0.4, 0.5) is 28.4 Å². The van der Waals surface area contributed by atoms with E-state index in [0.717, 1.165) is 17.7 Å². The van der Waals surface area contributed by atoms with Crippen LogP contribution in [0.2, 0.25) is 0 Å². The Morgan fingerprint density at radius 2 is 1.56 bits per heavy atom. The number of nitro groups is 1. The van der Waals surface area contributed by atoms with Crippen molar-refractivity contribution >= 4 is 48.5 Å². The molecule has 0 aliphatic carbocycles. The van der Waals surface area contributed by atoms with Crippen LogP contribution in [-0.2, 0) is 20.0 Å². The number of hydrogen-bond acceptors (Lipinski definition) is 11. The van der Waals surface area contributed by atoms with Crippen LogP contribution in [0.1, 0.15) is 18.9 Å². The summed E-state index contributed by atoms with van der Waals surface area (Å²) in [5.74, 6) is 0.609. The first-order valence-corrected chi connectivity index (χ1v) is 16.2. The van der Waals surface area contributed by atoms with Crippen LogP contribution in [0.15, 0.2) is 111 Å². The summed E-state index contributed by atoms with van der Waals surface area (Å²) in [6, 6.07) is 21.6. The number of aliphatic hydroxyl groups is 1. The molecule has 4 aromatic carbocycles. The molecule has 0 aromatic heterocycles. The molecule has 4 rings (SSSR count). The topological polar surface area (TPSA) is 190 Å². The molecule has 0 aliphatic rings. The molecule has 3 N–H and O–H groups in total. The molecular formula is C29H29N5NaO8S2+. The maximum absolute atomic E-state index is 12.8. The summed E-state index contributed by atoms with van der Waals surface area (Å²) in [6.45, 7) is 3.91. The quantitative estimate of drug-likeness (QED) is 0.0837. The van der Waals surface area contributed by atoms with E-state index in [4.69, 9.17) is 4.74 Å². The Labute approximate surface area is 282 Å². The fraction of sp³-hybridized carbons (Fsp3) is 0.172. The molecule has 0 aliphatic heterocycles. The SMILES string of the molecule is CCC(O)COc1ccc(N=Nc2ccc(Nc3ccc(S(=O)(=O)NS(=O)(=O)c4ccccc4)cc3[N+](=O)[O-])cc2)c(C)c1.[Na+]. The number of sulfonamides is 2. The fourth-order valence-electron chi connectivity index (χ4n) is 3.79. The normalized spacial score (nSPS) is 12.3. The molecule has 0 fully saturated rings. The molecule has 1 unspecified atom stereocenters. The van der Waals surface area contributed by atoms with Crippen molar-refractivity contribution in [3.05, 3.63) is 107 Å². The van der Waals surface area contributed by atoms with E-state index in [2.05, 4.69) is 15.5 Å². The summed E-state index contributed by atoms with van der Waals surface area (Å²) in [5.41, 5.74) is 1.79. The van der Waals surface area contributed by atoms with Gasteiger partial charge in [0.1, 0.15) is 18.0 Å². The van der Waals surface area contributed by atoms with E-state index in [1.807, 2.05) is 13.8 Å². The summed E-state index contributed by atoms with van der Waals surface area (Å²) < 4.78 is 57.8. The molecule has 16 heteroatoms. The zero-order valence-electron chi connectivity index (χ0n) is 24.6. The molecule has 1 atom stereocenters. The zero-order chi connectivity index (χ0) is 31.9. The minimum Gasteiger partial charge on any atom is -0.491 e. The number of anilines is 2. The molecule has 0 radical (unpaired) electrons. The van der Waals surface area contributed by atoms with Gasteiger partial charge in [-0.05, 0) is 85.6 Å². The van der Waals surface area contributed by atoms with Crippen molar-refractivity contribution in [3.63, 3.8) is 0 Å². The van der Waals surface area contributed by atoms with E-state index in [-0.39, 0.29) is 46.7 Å². The van der Waals surface area contributed by atoms with Crippen LogP contribution in [0.25, 0.3) is 0 Å². The van der Waals surface area contributed by atoms with Gasteiger partial charge in [-0.25, -0.2) is 16.8 Å². The van der Waals surface area contributed by atoms with Gasteiger partial charge < -0.3 is 15.2 Å². The standard InChI is InChI=1S/C29H29N5O8S2.Na/c1-3-23(35)19-42-24-13-15-27(20(2)17-24)32-31-22-11-9-21(10-12-22)30-28-16-14-26(18-29(28)34(36)37)44(40,41)33-43(38,39)25-7-5-4-6-8-25;/h4-18,23,30,33,35H,3,19H2,1-2H3;/q;+1. The van der Waals surface area contributed by atoms with Crippen molar-refractivity contribution in [1.82, 2.24) is 4.13 Å². The Kier molecular flexibility index (Phi) is 12.3. The van der Waals surface area contributed by atoms with Gasteiger partial charge in [-0.3, -0.25) is 10.1 Å². The van der Waals surface area contributed by atoms with Crippen LogP contribution in [0.3, 0.4) is 0 Å². The number of benzene rings is 4. The maximum atomic E-state index is 12.8. The van der Waals surface area contributed by atoms with E-state index >= 15 is 0 Å². The van der Waals surface area contributed by atoms with Crippen LogP contribution >= 0.6 is 0 Å². The van der Waals surface area contributed by atoms with Gasteiger partial charge in [0.2, 0.25) is 0 Å². The first-order valence-electron chi connectivity index (χ1n) is 13.2. The number of aryl methyl sites for hydroxylation is 1. The molecule has 0 amide bonds. The van der Waals surface area contributed by atoms with Gasteiger partial charge >= 0.3 is 29.6 Å². The second kappa shape index (κ2) is 15.5. The van der Waals surface area contributed by atoms with E-state index in [9.17, 15) is 32.1 Å². The van der Waals surface area contributed by atoms with Gasteiger partial charge in [0, 0.05) is 11.8 Å². The van der Waals surface area contributed by atoms with E-state index < -0.39 is 41.7 Å². The van der Waals surface area contributed by atoms with Gasteiger partial charge in [-0.15, -0.1) is 4.13 Å². The number of ether oxygens (including phenoxy) is 1. The Morgan fingerprint density at radius 3 is 2.18 bits per heavy atom. The predicted molar refractivity (Wildman–Crippen MR) is 164 cm³/mol. The van der Waals surface area contributed by atoms with Gasteiger partial charge in [-0.2, -0.15) is 10.2 Å². The second-order valence-electron chi connectivity index (χ2n) is 9.53. The maximum Gasteiger partial charge on any atom is 1.00 e. The summed E-state index contributed by atoms with van der Waals surface area (Å²) in [4.78, 5) is 10.1. The van der Waals surface area contributed by atoms with E-state index in [1.54, 1.807) is 52.7 Å². The molecule has 0 bridgehead atoms. The molecule has 13 nitrogen and oxygen atoms in total. The molecule has 230 valence electrons. The van der Waals surface area contributed by atoms with Crippen molar-refractivity contribution in [2.45, 2.75) is 36.2 Å². The van der Waals surface area contributed by atoms with Crippen LogP contribution in [0.5, 0.6) is 5.75 Å². The minimum atomic E-state index is -4.67. The Hall–Kier alpha value is -3.70. The van der Waals surface area contributed by atoms with Crippen molar-refractivity contribution in [3.8, 4) is 5.75 Å². The number of nitrogens with zero attached hydrogens (tertiary/aromatic N) is 3. The number of aliphatic hydroxyl groups excluding tert-OH is 1. The monoisotopic (exact) mass is 662 g/mol. The number of nitrogens with one attached hydrogen (secondary N) is 2. The Balaban J connectivity index is 0.00000552. The summed E-state index contributed by atoms with van der Waals surface area (Å²) in [7, 11) is -9.12. The van der Waals surface area contributed by atoms with Crippen LogP contribution in [0, 0.1) is 17.0 Å². The smallest absolute Gasteiger partial charge is 0.491 e. The molecule has 45 heavy (non-hydrogen) atoms. The predicted octanol–water partition coefficient (Wildman–Crippen LogP) is 2.88. The van der Waals surface area contributed by atoms with E-state index in [1.165, 1.54) is 30.3 Å². The van der Waals surface area contributed by atoms with Gasteiger partial charge in [-0.1, -0.05) is 25.1 Å². The van der Waals surface area contributed by atoms with Crippen molar-refractivity contribution in [1.29, 1.82) is 0 Å². The summed E-state index contributed by atoms with van der Waals surface area (Å²) in [5, 5.41) is 32.8. The number of azo groups is 1. The third kappa shape index (κ3) is 9.64. The molecule has 0 spiro atoms. The first kappa shape index (κ1) is 35.8. The minimum absolute atomic E-state index is 0. The largest absolute Gasteiger partial charge is 1.00 e. The Bertz CT molecular complexity index is 1890. The number of rotatable bonds is 13. The van der Waals surface area contributed by atoms with Gasteiger partial charge in [0.25, 0.3) is 25.7 Å². The van der Waals surface area contributed by atoms with E-state index in [0.29, 0.717) is 29.2 Å².